The predicted octanol–water partition coefficient (Wildman–Crippen LogP) is 2.25. The zero-order valence-corrected chi connectivity index (χ0v) is 14.1. The first-order valence-electron chi connectivity index (χ1n) is 7.32. The summed E-state index contributed by atoms with van der Waals surface area (Å²) < 4.78 is 24.9. The molecule has 1 saturated carbocycles. The molecule has 124 valence electrons. The molecule has 1 aromatic carbocycles. The summed E-state index contributed by atoms with van der Waals surface area (Å²) in [5.41, 5.74) is 6.54. The molecule has 1 fully saturated rings. The maximum Gasteiger partial charge on any atom is 0.238 e. The fraction of sp³-hybridized carbons (Fsp3) is 0.533. The van der Waals surface area contributed by atoms with Crippen LogP contribution in [0.3, 0.4) is 0 Å². The Morgan fingerprint density at radius 2 is 1.91 bits per heavy atom. The molecule has 2 rings (SSSR count). The number of halogens is 1. The van der Waals surface area contributed by atoms with Crippen molar-refractivity contribution in [2.24, 2.45) is 5.73 Å². The van der Waals surface area contributed by atoms with E-state index in [0.29, 0.717) is 11.3 Å². The first-order chi connectivity index (χ1) is 10.0. The molecular formula is C15H23ClN2O3S. The van der Waals surface area contributed by atoms with E-state index in [9.17, 15) is 13.2 Å². The van der Waals surface area contributed by atoms with Gasteiger partial charge in [-0.25, -0.2) is 8.42 Å². The number of carbonyl (C=O) groups excluding carboxylic acids is 1. The minimum absolute atomic E-state index is 0. The van der Waals surface area contributed by atoms with Gasteiger partial charge in [-0.15, -0.1) is 12.4 Å². The Kier molecular flexibility index (Phi) is 7.32. The summed E-state index contributed by atoms with van der Waals surface area (Å²) in [6.45, 7) is -0.0927. The Morgan fingerprint density at radius 1 is 1.23 bits per heavy atom. The lowest BCUT2D eigenvalue weighted by atomic mass is 10.0. The van der Waals surface area contributed by atoms with Crippen molar-refractivity contribution in [1.29, 1.82) is 0 Å². The van der Waals surface area contributed by atoms with Gasteiger partial charge >= 0.3 is 0 Å². The number of carbonyl (C=O) groups is 1. The molecular weight excluding hydrogens is 324 g/mol. The minimum atomic E-state index is -3.12. The topological polar surface area (TPSA) is 89.3 Å². The molecule has 1 amide bonds. The van der Waals surface area contributed by atoms with Gasteiger partial charge in [-0.1, -0.05) is 31.4 Å². The van der Waals surface area contributed by atoms with Crippen LogP contribution in [0.2, 0.25) is 0 Å². The van der Waals surface area contributed by atoms with Crippen molar-refractivity contribution in [1.82, 2.24) is 0 Å². The maximum absolute atomic E-state index is 12.4. The van der Waals surface area contributed by atoms with E-state index in [1.807, 2.05) is 0 Å². The molecule has 1 aliphatic rings. The number of anilines is 1. The largest absolute Gasteiger partial charge is 0.325 e. The van der Waals surface area contributed by atoms with Crippen molar-refractivity contribution < 1.29 is 13.2 Å². The molecule has 0 saturated heterocycles. The second-order valence-corrected chi connectivity index (χ2v) is 7.80. The first-order valence-corrected chi connectivity index (χ1v) is 9.03. The monoisotopic (exact) mass is 346 g/mol. The van der Waals surface area contributed by atoms with Crippen LogP contribution < -0.4 is 11.1 Å². The average Bonchev–Trinajstić information content (AvgIpc) is 2.48. The molecule has 0 heterocycles. The molecule has 0 aliphatic heterocycles. The lowest BCUT2D eigenvalue weighted by Crippen LogP contribution is -2.25. The average molecular weight is 347 g/mol. The van der Waals surface area contributed by atoms with Crippen LogP contribution in [0.1, 0.15) is 37.7 Å². The number of nitrogens with one attached hydrogen (secondary N) is 1. The van der Waals surface area contributed by atoms with Crippen LogP contribution in [0.15, 0.2) is 24.3 Å². The third-order valence-electron chi connectivity index (χ3n) is 3.82. The maximum atomic E-state index is 12.4. The fourth-order valence-corrected chi connectivity index (χ4v) is 4.66. The highest BCUT2D eigenvalue weighted by atomic mass is 35.5. The van der Waals surface area contributed by atoms with Crippen LogP contribution in [0.5, 0.6) is 0 Å². The SMILES string of the molecule is Cl.NCC(=O)Nc1cccc(CS(=O)(=O)C2CCCCC2)c1. The lowest BCUT2D eigenvalue weighted by molar-refractivity contribution is -0.114. The van der Waals surface area contributed by atoms with E-state index < -0.39 is 9.84 Å². The number of hydrogen-bond acceptors (Lipinski definition) is 4. The molecule has 1 aliphatic carbocycles. The zero-order valence-electron chi connectivity index (χ0n) is 12.5. The first kappa shape index (κ1) is 18.9. The molecule has 1 aromatic rings. The normalized spacial score (nSPS) is 15.9. The van der Waals surface area contributed by atoms with Crippen LogP contribution in [-0.2, 0) is 20.4 Å². The highest BCUT2D eigenvalue weighted by Crippen LogP contribution is 2.26. The summed E-state index contributed by atoms with van der Waals surface area (Å²) in [5, 5.41) is 2.42. The molecule has 3 N–H and O–H groups in total. The van der Waals surface area contributed by atoms with Gasteiger partial charge in [0.05, 0.1) is 17.5 Å². The summed E-state index contributed by atoms with van der Waals surface area (Å²) in [6, 6.07) is 6.95. The second-order valence-electron chi connectivity index (χ2n) is 5.52. The van der Waals surface area contributed by atoms with Gasteiger partial charge in [0.2, 0.25) is 5.91 Å². The fourth-order valence-electron chi connectivity index (χ4n) is 2.73. The quantitative estimate of drug-likeness (QED) is 0.855. The smallest absolute Gasteiger partial charge is 0.238 e. The van der Waals surface area contributed by atoms with Crippen LogP contribution in [0.4, 0.5) is 5.69 Å². The summed E-state index contributed by atoms with van der Waals surface area (Å²) in [4.78, 5) is 11.3. The molecule has 0 bridgehead atoms. The number of benzene rings is 1. The van der Waals surface area contributed by atoms with Crippen molar-refractivity contribution >= 4 is 33.8 Å². The predicted molar refractivity (Wildman–Crippen MR) is 90.9 cm³/mol. The van der Waals surface area contributed by atoms with E-state index in [1.165, 1.54) is 0 Å². The number of rotatable bonds is 5. The van der Waals surface area contributed by atoms with Crippen LogP contribution in [-0.4, -0.2) is 26.1 Å². The summed E-state index contributed by atoms with van der Waals surface area (Å²) in [6.07, 6.45) is 4.66. The van der Waals surface area contributed by atoms with Crippen molar-refractivity contribution in [3.8, 4) is 0 Å². The van der Waals surface area contributed by atoms with Gasteiger partial charge < -0.3 is 11.1 Å². The van der Waals surface area contributed by atoms with E-state index in [1.54, 1.807) is 24.3 Å². The molecule has 0 unspecified atom stereocenters. The molecule has 0 spiro atoms. The third kappa shape index (κ3) is 5.26. The van der Waals surface area contributed by atoms with Gasteiger partial charge in [0.15, 0.2) is 9.84 Å². The van der Waals surface area contributed by atoms with E-state index in [4.69, 9.17) is 5.73 Å². The molecule has 0 atom stereocenters. The summed E-state index contributed by atoms with van der Waals surface area (Å²) in [5.74, 6) is -0.258. The number of sulfone groups is 1. The molecule has 5 nitrogen and oxygen atoms in total. The van der Waals surface area contributed by atoms with Crippen molar-refractivity contribution in [3.05, 3.63) is 29.8 Å². The van der Waals surface area contributed by atoms with Gasteiger partial charge in [0, 0.05) is 5.69 Å². The molecule has 7 heteroatoms. The molecule has 0 aromatic heterocycles. The number of amides is 1. The molecule has 0 radical (unpaired) electrons. The zero-order chi connectivity index (χ0) is 15.3. The van der Waals surface area contributed by atoms with Crippen LogP contribution >= 0.6 is 12.4 Å². The Hall–Kier alpha value is -1.11. The number of hydrogen-bond donors (Lipinski definition) is 2. The highest BCUT2D eigenvalue weighted by Gasteiger charge is 2.27. The van der Waals surface area contributed by atoms with E-state index in [2.05, 4.69) is 5.32 Å². The van der Waals surface area contributed by atoms with Crippen LogP contribution in [0, 0.1) is 0 Å². The van der Waals surface area contributed by atoms with Gasteiger partial charge in [0.1, 0.15) is 0 Å². The van der Waals surface area contributed by atoms with Gasteiger partial charge in [-0.3, -0.25) is 4.79 Å². The van der Waals surface area contributed by atoms with E-state index >= 15 is 0 Å². The molecule has 22 heavy (non-hydrogen) atoms. The standard InChI is InChI=1S/C15H22N2O3S.ClH/c16-10-15(18)17-13-6-4-5-12(9-13)11-21(19,20)14-7-2-1-3-8-14;/h4-6,9,14H,1-3,7-8,10-11,16H2,(H,17,18);1H. The van der Waals surface area contributed by atoms with Gasteiger partial charge in [-0.05, 0) is 30.5 Å². The van der Waals surface area contributed by atoms with Crippen LogP contribution in [0.25, 0.3) is 0 Å². The van der Waals surface area contributed by atoms with Crippen molar-refractivity contribution in [2.75, 3.05) is 11.9 Å². The summed E-state index contributed by atoms with van der Waals surface area (Å²) >= 11 is 0. The lowest BCUT2D eigenvalue weighted by Gasteiger charge is -2.21. The minimum Gasteiger partial charge on any atom is -0.325 e. The van der Waals surface area contributed by atoms with Crippen molar-refractivity contribution in [2.45, 2.75) is 43.1 Å². The number of nitrogens with two attached hydrogens (primary N) is 1. The van der Waals surface area contributed by atoms with E-state index in [0.717, 1.165) is 32.1 Å². The summed E-state index contributed by atoms with van der Waals surface area (Å²) in [7, 11) is -3.12. The Labute approximate surface area is 138 Å². The van der Waals surface area contributed by atoms with Gasteiger partial charge in [0.25, 0.3) is 0 Å². The highest BCUT2D eigenvalue weighted by molar-refractivity contribution is 7.91. The van der Waals surface area contributed by atoms with E-state index in [-0.39, 0.29) is 35.9 Å². The van der Waals surface area contributed by atoms with Crippen molar-refractivity contribution in [3.63, 3.8) is 0 Å². The van der Waals surface area contributed by atoms with Gasteiger partial charge in [-0.2, -0.15) is 0 Å². The second kappa shape index (κ2) is 8.50. The Bertz CT molecular complexity index is 599. The third-order valence-corrected chi connectivity index (χ3v) is 6.05. The Balaban J connectivity index is 0.00000242. The Morgan fingerprint density at radius 3 is 2.55 bits per heavy atom.